The highest BCUT2D eigenvalue weighted by Crippen LogP contribution is 2.38. The number of carbonyl (C=O) groups excluding carboxylic acids is 2. The van der Waals surface area contributed by atoms with Crippen LogP contribution in [0.5, 0.6) is 0 Å². The lowest BCUT2D eigenvalue weighted by Gasteiger charge is -2.33. The van der Waals surface area contributed by atoms with Gasteiger partial charge in [0.1, 0.15) is 0 Å². The largest absolute Gasteiger partial charge is 0.379 e. The van der Waals surface area contributed by atoms with Crippen molar-refractivity contribution in [2.75, 3.05) is 52.5 Å². The molecule has 0 aromatic heterocycles. The van der Waals surface area contributed by atoms with E-state index in [4.69, 9.17) is 4.74 Å². The van der Waals surface area contributed by atoms with Crippen molar-refractivity contribution in [3.63, 3.8) is 0 Å². The van der Waals surface area contributed by atoms with Crippen molar-refractivity contribution in [1.82, 2.24) is 14.7 Å². The average molecular weight is 386 g/mol. The van der Waals surface area contributed by atoms with Crippen LogP contribution in [0.25, 0.3) is 0 Å². The average Bonchev–Trinajstić information content (AvgIpc) is 3.29. The quantitative estimate of drug-likeness (QED) is 0.795. The Morgan fingerprint density at radius 1 is 1.14 bits per heavy atom. The molecule has 2 unspecified atom stereocenters. The molecule has 3 saturated heterocycles. The van der Waals surface area contributed by atoms with Crippen molar-refractivity contribution in [3.05, 3.63) is 35.9 Å². The number of amides is 2. The van der Waals surface area contributed by atoms with E-state index in [1.165, 1.54) is 0 Å². The fraction of sp³-hybridized carbons (Fsp3) is 0.636. The molecule has 3 aliphatic rings. The summed E-state index contributed by atoms with van der Waals surface area (Å²) < 4.78 is 5.91. The third kappa shape index (κ3) is 4.08. The van der Waals surface area contributed by atoms with Crippen LogP contribution in [-0.4, -0.2) is 79.0 Å². The summed E-state index contributed by atoms with van der Waals surface area (Å²) in [5.41, 5.74) is 0.936. The second-order valence-electron chi connectivity index (χ2n) is 8.64. The Hall–Kier alpha value is -1.92. The van der Waals surface area contributed by atoms with Gasteiger partial charge >= 0.3 is 0 Å². The molecule has 0 N–H and O–H groups in total. The van der Waals surface area contributed by atoms with Gasteiger partial charge in [0.25, 0.3) is 0 Å². The molecular formula is C22H31N3O3. The molecule has 1 aromatic carbocycles. The lowest BCUT2D eigenvalue weighted by molar-refractivity contribution is -0.131. The predicted octanol–water partition coefficient (Wildman–Crippen LogP) is 1.92. The number of likely N-dealkylation sites (tertiary alicyclic amines) is 2. The summed E-state index contributed by atoms with van der Waals surface area (Å²) in [5.74, 6) is 0.404. The normalized spacial score (nSPS) is 27.4. The standard InChI is InChI=1S/C22H31N3O3/c1-18(19-7-3-2-4-8-19)25-16-22(13-20(25)26)15-23(11-12-28-17-22)14-21(27)24-9-5-6-10-24/h2-4,7-8,18H,5-6,9-17H2,1H3. The Labute approximate surface area is 167 Å². The van der Waals surface area contributed by atoms with Gasteiger partial charge in [0, 0.05) is 44.6 Å². The molecule has 1 spiro atoms. The topological polar surface area (TPSA) is 53.1 Å². The van der Waals surface area contributed by atoms with Gasteiger partial charge in [-0.1, -0.05) is 30.3 Å². The third-order valence-electron chi connectivity index (χ3n) is 6.44. The molecule has 2 amide bonds. The molecule has 2 atom stereocenters. The molecule has 152 valence electrons. The van der Waals surface area contributed by atoms with Crippen LogP contribution in [-0.2, 0) is 14.3 Å². The first kappa shape index (κ1) is 19.4. The highest BCUT2D eigenvalue weighted by Gasteiger charge is 2.47. The molecule has 3 fully saturated rings. The Bertz CT molecular complexity index is 704. The predicted molar refractivity (Wildman–Crippen MR) is 107 cm³/mol. The molecular weight excluding hydrogens is 354 g/mol. The molecule has 3 heterocycles. The molecule has 0 radical (unpaired) electrons. The second-order valence-corrected chi connectivity index (χ2v) is 8.64. The van der Waals surface area contributed by atoms with E-state index in [0.29, 0.717) is 32.7 Å². The minimum Gasteiger partial charge on any atom is -0.379 e. The zero-order valence-corrected chi connectivity index (χ0v) is 16.8. The Kier molecular flexibility index (Phi) is 5.69. The molecule has 1 aromatic rings. The van der Waals surface area contributed by atoms with Crippen molar-refractivity contribution >= 4 is 11.8 Å². The first-order valence-corrected chi connectivity index (χ1v) is 10.5. The maximum atomic E-state index is 12.9. The monoisotopic (exact) mass is 385 g/mol. The van der Waals surface area contributed by atoms with Crippen LogP contribution < -0.4 is 0 Å². The number of rotatable bonds is 4. The molecule has 28 heavy (non-hydrogen) atoms. The number of benzene rings is 1. The van der Waals surface area contributed by atoms with Crippen LogP contribution in [0.2, 0.25) is 0 Å². The summed E-state index contributed by atoms with van der Waals surface area (Å²) in [4.78, 5) is 31.7. The van der Waals surface area contributed by atoms with Crippen LogP contribution in [0.15, 0.2) is 30.3 Å². The van der Waals surface area contributed by atoms with Crippen molar-refractivity contribution in [2.45, 2.75) is 32.2 Å². The van der Waals surface area contributed by atoms with Gasteiger partial charge < -0.3 is 14.5 Å². The second kappa shape index (κ2) is 8.21. The molecule has 0 bridgehead atoms. The minimum absolute atomic E-state index is 0.0519. The van der Waals surface area contributed by atoms with Crippen molar-refractivity contribution in [3.8, 4) is 0 Å². The van der Waals surface area contributed by atoms with Crippen LogP contribution in [0.4, 0.5) is 0 Å². The summed E-state index contributed by atoms with van der Waals surface area (Å²) in [6.45, 7) is 7.70. The Morgan fingerprint density at radius 2 is 1.89 bits per heavy atom. The van der Waals surface area contributed by atoms with Crippen LogP contribution in [0.1, 0.15) is 37.8 Å². The highest BCUT2D eigenvalue weighted by molar-refractivity contribution is 5.80. The van der Waals surface area contributed by atoms with Gasteiger partial charge in [-0.05, 0) is 25.3 Å². The summed E-state index contributed by atoms with van der Waals surface area (Å²) in [6.07, 6.45) is 2.72. The third-order valence-corrected chi connectivity index (χ3v) is 6.44. The molecule has 6 heteroatoms. The van der Waals surface area contributed by atoms with Crippen LogP contribution in [0.3, 0.4) is 0 Å². The zero-order valence-electron chi connectivity index (χ0n) is 16.8. The van der Waals surface area contributed by atoms with Crippen molar-refractivity contribution in [2.24, 2.45) is 5.41 Å². The van der Waals surface area contributed by atoms with E-state index >= 15 is 0 Å². The van der Waals surface area contributed by atoms with Crippen molar-refractivity contribution < 1.29 is 14.3 Å². The Morgan fingerprint density at radius 3 is 2.64 bits per heavy atom. The maximum absolute atomic E-state index is 12.9. The SMILES string of the molecule is CC(c1ccccc1)N1CC2(COCCN(CC(=O)N3CCCC3)C2)CC1=O. The van der Waals surface area contributed by atoms with E-state index < -0.39 is 0 Å². The summed E-state index contributed by atoms with van der Waals surface area (Å²) in [7, 11) is 0. The highest BCUT2D eigenvalue weighted by atomic mass is 16.5. The van der Waals surface area contributed by atoms with Gasteiger partial charge in [0.15, 0.2) is 0 Å². The van der Waals surface area contributed by atoms with E-state index in [1.54, 1.807) is 0 Å². The number of hydrogen-bond acceptors (Lipinski definition) is 4. The van der Waals surface area contributed by atoms with E-state index in [9.17, 15) is 9.59 Å². The Balaban J connectivity index is 1.44. The maximum Gasteiger partial charge on any atom is 0.236 e. The number of nitrogens with zero attached hydrogens (tertiary/aromatic N) is 3. The minimum atomic E-state index is -0.220. The van der Waals surface area contributed by atoms with Crippen LogP contribution >= 0.6 is 0 Å². The number of carbonyl (C=O) groups is 2. The van der Waals surface area contributed by atoms with E-state index in [2.05, 4.69) is 24.0 Å². The van der Waals surface area contributed by atoms with Gasteiger partial charge in [0.2, 0.25) is 11.8 Å². The summed E-state index contributed by atoms with van der Waals surface area (Å²) in [6, 6.07) is 10.2. The number of ether oxygens (including phenoxy) is 1. The molecule has 6 nitrogen and oxygen atoms in total. The first-order valence-electron chi connectivity index (χ1n) is 10.5. The van der Waals surface area contributed by atoms with Gasteiger partial charge in [-0.3, -0.25) is 14.5 Å². The summed E-state index contributed by atoms with van der Waals surface area (Å²) >= 11 is 0. The van der Waals surface area contributed by atoms with E-state index in [0.717, 1.165) is 44.6 Å². The van der Waals surface area contributed by atoms with Gasteiger partial charge in [-0.2, -0.15) is 0 Å². The van der Waals surface area contributed by atoms with Gasteiger partial charge in [0.05, 0.1) is 25.8 Å². The van der Waals surface area contributed by atoms with Crippen LogP contribution in [0, 0.1) is 5.41 Å². The fourth-order valence-corrected chi connectivity index (χ4v) is 4.87. The lowest BCUT2D eigenvalue weighted by atomic mass is 9.87. The fourth-order valence-electron chi connectivity index (χ4n) is 4.87. The zero-order chi connectivity index (χ0) is 19.6. The molecule has 0 aliphatic carbocycles. The van der Waals surface area contributed by atoms with Crippen molar-refractivity contribution in [1.29, 1.82) is 0 Å². The van der Waals surface area contributed by atoms with Gasteiger partial charge in [-0.15, -0.1) is 0 Å². The molecule has 4 rings (SSSR count). The smallest absolute Gasteiger partial charge is 0.236 e. The molecule has 3 aliphatic heterocycles. The van der Waals surface area contributed by atoms with Gasteiger partial charge in [-0.25, -0.2) is 0 Å². The van der Waals surface area contributed by atoms with E-state index in [1.807, 2.05) is 28.0 Å². The summed E-state index contributed by atoms with van der Waals surface area (Å²) in [5, 5.41) is 0. The number of hydrogen-bond donors (Lipinski definition) is 0. The van der Waals surface area contributed by atoms with E-state index in [-0.39, 0.29) is 23.3 Å². The first-order chi connectivity index (χ1) is 13.6. The lowest BCUT2D eigenvalue weighted by Crippen LogP contribution is -2.45. The molecule has 0 saturated carbocycles.